The van der Waals surface area contributed by atoms with Crippen molar-refractivity contribution < 1.29 is 0 Å². The molecule has 1 aromatic heterocycles. The molecule has 0 saturated carbocycles. The van der Waals surface area contributed by atoms with E-state index in [2.05, 4.69) is 31.1 Å². The van der Waals surface area contributed by atoms with Crippen molar-refractivity contribution in [1.29, 1.82) is 0 Å². The Morgan fingerprint density at radius 1 is 1.36 bits per heavy atom. The highest BCUT2D eigenvalue weighted by molar-refractivity contribution is 5.47. The summed E-state index contributed by atoms with van der Waals surface area (Å²) >= 11 is 0. The van der Waals surface area contributed by atoms with Crippen LogP contribution >= 0.6 is 0 Å². The lowest BCUT2D eigenvalue weighted by molar-refractivity contribution is 0.478. The number of rotatable bonds is 4. The van der Waals surface area contributed by atoms with E-state index in [0.717, 1.165) is 18.5 Å². The molecular weight excluding hydrogens is 174 g/mol. The van der Waals surface area contributed by atoms with Crippen molar-refractivity contribution in [3.05, 3.63) is 18.3 Å². The van der Waals surface area contributed by atoms with Crippen LogP contribution in [-0.2, 0) is 0 Å². The SMILES string of the molecule is CCC(C)(CC)Nc1ccc(N)nc1. The molecule has 0 saturated heterocycles. The Kier molecular flexibility index (Phi) is 3.33. The molecule has 14 heavy (non-hydrogen) atoms. The third-order valence-corrected chi connectivity index (χ3v) is 2.79. The Morgan fingerprint density at radius 3 is 2.43 bits per heavy atom. The van der Waals surface area contributed by atoms with Gasteiger partial charge in [0.15, 0.2) is 0 Å². The van der Waals surface area contributed by atoms with Crippen LogP contribution in [0.2, 0.25) is 0 Å². The fourth-order valence-electron chi connectivity index (χ4n) is 1.25. The lowest BCUT2D eigenvalue weighted by atomic mass is 9.95. The number of nitrogens with zero attached hydrogens (tertiary/aromatic N) is 1. The van der Waals surface area contributed by atoms with Gasteiger partial charge < -0.3 is 11.1 Å². The predicted molar refractivity (Wildman–Crippen MR) is 61.3 cm³/mol. The summed E-state index contributed by atoms with van der Waals surface area (Å²) in [6.45, 7) is 6.58. The van der Waals surface area contributed by atoms with Gasteiger partial charge in [-0.25, -0.2) is 4.98 Å². The molecule has 0 bridgehead atoms. The summed E-state index contributed by atoms with van der Waals surface area (Å²) in [6.07, 6.45) is 3.96. The van der Waals surface area contributed by atoms with E-state index in [-0.39, 0.29) is 5.54 Å². The molecule has 3 nitrogen and oxygen atoms in total. The molecule has 78 valence electrons. The molecule has 1 heterocycles. The second-order valence-electron chi connectivity index (χ2n) is 3.86. The average Bonchev–Trinajstić information content (AvgIpc) is 2.21. The van der Waals surface area contributed by atoms with Gasteiger partial charge >= 0.3 is 0 Å². The number of hydrogen-bond acceptors (Lipinski definition) is 3. The predicted octanol–water partition coefficient (Wildman–Crippen LogP) is 2.65. The maximum atomic E-state index is 5.52. The van der Waals surface area contributed by atoms with E-state index >= 15 is 0 Å². The number of hydrogen-bond donors (Lipinski definition) is 2. The van der Waals surface area contributed by atoms with E-state index in [1.54, 1.807) is 6.20 Å². The van der Waals surface area contributed by atoms with E-state index in [4.69, 9.17) is 5.73 Å². The van der Waals surface area contributed by atoms with Gasteiger partial charge in [0.05, 0.1) is 11.9 Å². The van der Waals surface area contributed by atoms with E-state index in [9.17, 15) is 0 Å². The fourth-order valence-corrected chi connectivity index (χ4v) is 1.25. The largest absolute Gasteiger partial charge is 0.384 e. The molecule has 1 aromatic rings. The molecule has 0 amide bonds. The van der Waals surface area contributed by atoms with E-state index in [0.29, 0.717) is 5.82 Å². The Morgan fingerprint density at radius 2 is 2.00 bits per heavy atom. The van der Waals surface area contributed by atoms with Crippen molar-refractivity contribution in [3.63, 3.8) is 0 Å². The van der Waals surface area contributed by atoms with E-state index in [1.807, 2.05) is 12.1 Å². The third kappa shape index (κ3) is 2.62. The highest BCUT2D eigenvalue weighted by Gasteiger charge is 2.18. The lowest BCUT2D eigenvalue weighted by Gasteiger charge is -2.29. The van der Waals surface area contributed by atoms with Crippen LogP contribution in [0.3, 0.4) is 0 Å². The van der Waals surface area contributed by atoms with Gasteiger partial charge in [-0.3, -0.25) is 0 Å². The Bertz CT molecular complexity index is 275. The lowest BCUT2D eigenvalue weighted by Crippen LogP contribution is -2.32. The van der Waals surface area contributed by atoms with Crippen molar-refractivity contribution in [2.45, 2.75) is 39.2 Å². The highest BCUT2D eigenvalue weighted by atomic mass is 15.0. The highest BCUT2D eigenvalue weighted by Crippen LogP contribution is 2.21. The fraction of sp³-hybridized carbons (Fsp3) is 0.545. The van der Waals surface area contributed by atoms with Gasteiger partial charge in [-0.1, -0.05) is 13.8 Å². The molecule has 3 N–H and O–H groups in total. The van der Waals surface area contributed by atoms with Crippen LogP contribution in [-0.4, -0.2) is 10.5 Å². The smallest absolute Gasteiger partial charge is 0.123 e. The van der Waals surface area contributed by atoms with Crippen LogP contribution in [0.5, 0.6) is 0 Å². The van der Waals surface area contributed by atoms with Gasteiger partial charge in [0.1, 0.15) is 5.82 Å². The quantitative estimate of drug-likeness (QED) is 0.773. The molecular formula is C11H19N3. The second-order valence-corrected chi connectivity index (χ2v) is 3.86. The molecule has 0 aliphatic rings. The molecule has 0 aromatic carbocycles. The molecule has 0 atom stereocenters. The van der Waals surface area contributed by atoms with Gasteiger partial charge in [-0.2, -0.15) is 0 Å². The molecule has 1 rings (SSSR count). The standard InChI is InChI=1S/C11H19N3/c1-4-11(3,5-2)14-9-6-7-10(12)13-8-9/h6-8,14H,4-5H2,1-3H3,(H2,12,13). The maximum Gasteiger partial charge on any atom is 0.123 e. The molecule has 3 heteroatoms. The van der Waals surface area contributed by atoms with Gasteiger partial charge in [0.2, 0.25) is 0 Å². The zero-order chi connectivity index (χ0) is 10.6. The molecule has 0 aliphatic heterocycles. The second kappa shape index (κ2) is 4.31. The van der Waals surface area contributed by atoms with Gasteiger partial charge in [0.25, 0.3) is 0 Å². The average molecular weight is 193 g/mol. The summed E-state index contributed by atoms with van der Waals surface area (Å²) < 4.78 is 0. The molecule has 0 radical (unpaired) electrons. The van der Waals surface area contributed by atoms with Crippen molar-refractivity contribution in [1.82, 2.24) is 4.98 Å². The number of nitrogen functional groups attached to an aromatic ring is 1. The van der Waals surface area contributed by atoms with Crippen molar-refractivity contribution in [2.75, 3.05) is 11.1 Å². The summed E-state index contributed by atoms with van der Waals surface area (Å²) in [7, 11) is 0. The van der Waals surface area contributed by atoms with Crippen LogP contribution in [0, 0.1) is 0 Å². The zero-order valence-corrected chi connectivity index (χ0v) is 9.17. The zero-order valence-electron chi connectivity index (χ0n) is 9.17. The Balaban J connectivity index is 2.72. The third-order valence-electron chi connectivity index (χ3n) is 2.79. The first kappa shape index (κ1) is 10.8. The van der Waals surface area contributed by atoms with Crippen LogP contribution in [0.25, 0.3) is 0 Å². The summed E-state index contributed by atoms with van der Waals surface area (Å²) in [5.74, 6) is 0.560. The number of anilines is 2. The summed E-state index contributed by atoms with van der Waals surface area (Å²) in [4.78, 5) is 4.05. The van der Waals surface area contributed by atoms with Gasteiger partial charge in [-0.15, -0.1) is 0 Å². The Hall–Kier alpha value is -1.25. The number of nitrogens with two attached hydrogens (primary N) is 1. The Labute approximate surface area is 85.7 Å². The molecule has 0 aliphatic carbocycles. The molecule has 0 unspecified atom stereocenters. The first-order valence-electron chi connectivity index (χ1n) is 5.09. The van der Waals surface area contributed by atoms with Crippen LogP contribution < -0.4 is 11.1 Å². The summed E-state index contributed by atoms with van der Waals surface area (Å²) in [6, 6.07) is 3.78. The monoisotopic (exact) mass is 193 g/mol. The first-order valence-corrected chi connectivity index (χ1v) is 5.09. The van der Waals surface area contributed by atoms with E-state index < -0.39 is 0 Å². The first-order chi connectivity index (χ1) is 6.59. The minimum absolute atomic E-state index is 0.151. The normalized spacial score (nSPS) is 11.4. The van der Waals surface area contributed by atoms with Crippen LogP contribution in [0.4, 0.5) is 11.5 Å². The summed E-state index contributed by atoms with van der Waals surface area (Å²) in [5, 5.41) is 3.46. The van der Waals surface area contributed by atoms with Gasteiger partial charge in [-0.05, 0) is 31.9 Å². The van der Waals surface area contributed by atoms with Crippen molar-refractivity contribution in [3.8, 4) is 0 Å². The number of aromatic nitrogens is 1. The minimum atomic E-state index is 0.151. The molecule has 0 fully saturated rings. The van der Waals surface area contributed by atoms with E-state index in [1.165, 1.54) is 0 Å². The number of pyridine rings is 1. The number of nitrogens with one attached hydrogen (secondary N) is 1. The minimum Gasteiger partial charge on any atom is -0.384 e. The van der Waals surface area contributed by atoms with Crippen molar-refractivity contribution in [2.24, 2.45) is 0 Å². The van der Waals surface area contributed by atoms with Crippen LogP contribution in [0.1, 0.15) is 33.6 Å². The van der Waals surface area contributed by atoms with Gasteiger partial charge in [0, 0.05) is 5.54 Å². The maximum absolute atomic E-state index is 5.52. The van der Waals surface area contributed by atoms with Crippen molar-refractivity contribution >= 4 is 11.5 Å². The van der Waals surface area contributed by atoms with Crippen LogP contribution in [0.15, 0.2) is 18.3 Å². The summed E-state index contributed by atoms with van der Waals surface area (Å²) in [5.41, 5.74) is 6.70. The molecule has 0 spiro atoms. The topological polar surface area (TPSA) is 50.9 Å².